The van der Waals surface area contributed by atoms with Gasteiger partial charge in [0.1, 0.15) is 5.75 Å². The number of anilines is 2. The molecule has 162 valence electrons. The maximum atomic E-state index is 13.5. The molecule has 0 fully saturated rings. The van der Waals surface area contributed by atoms with Crippen molar-refractivity contribution >= 4 is 23.1 Å². The fourth-order valence-corrected chi connectivity index (χ4v) is 4.65. The van der Waals surface area contributed by atoms with Crippen LogP contribution in [-0.4, -0.2) is 17.8 Å². The molecular formula is C26H30N2O3. The van der Waals surface area contributed by atoms with E-state index >= 15 is 0 Å². The van der Waals surface area contributed by atoms with Gasteiger partial charge in [-0.1, -0.05) is 38.1 Å². The highest BCUT2D eigenvalue weighted by atomic mass is 16.5. The number of carbonyl (C=O) groups excluding carboxylic acids is 2. The zero-order chi connectivity index (χ0) is 22.3. The van der Waals surface area contributed by atoms with E-state index in [1.54, 1.807) is 11.8 Å². The maximum absolute atomic E-state index is 13.5. The van der Waals surface area contributed by atoms with E-state index in [1.807, 2.05) is 62.4 Å². The minimum Gasteiger partial charge on any atom is -0.491 e. The second-order valence-electron chi connectivity index (χ2n) is 9.50. The Balaban J connectivity index is 1.91. The van der Waals surface area contributed by atoms with Gasteiger partial charge in [0, 0.05) is 24.6 Å². The highest BCUT2D eigenvalue weighted by Gasteiger charge is 2.42. The van der Waals surface area contributed by atoms with Crippen LogP contribution in [0.2, 0.25) is 0 Å². The number of hydrogen-bond acceptors (Lipinski definition) is 4. The molecule has 4 rings (SSSR count). The summed E-state index contributed by atoms with van der Waals surface area (Å²) in [6.07, 6.45) is 1.28. The van der Waals surface area contributed by atoms with E-state index < -0.39 is 6.04 Å². The second-order valence-corrected chi connectivity index (χ2v) is 9.50. The number of rotatable bonds is 3. The van der Waals surface area contributed by atoms with Gasteiger partial charge in [-0.15, -0.1) is 0 Å². The summed E-state index contributed by atoms with van der Waals surface area (Å²) in [6.45, 7) is 9.76. The van der Waals surface area contributed by atoms with Crippen LogP contribution in [0.1, 0.15) is 59.1 Å². The number of nitrogens with zero attached hydrogens (tertiary/aromatic N) is 1. The molecule has 1 unspecified atom stereocenters. The third-order valence-electron chi connectivity index (χ3n) is 5.81. The number of allylic oxidation sites excluding steroid dienone is 1. The largest absolute Gasteiger partial charge is 0.491 e. The molecule has 2 aliphatic rings. The lowest BCUT2D eigenvalue weighted by molar-refractivity contribution is -0.118. The monoisotopic (exact) mass is 418 g/mol. The summed E-state index contributed by atoms with van der Waals surface area (Å²) in [4.78, 5) is 28.2. The average Bonchev–Trinajstić information content (AvgIpc) is 2.81. The number of nitrogens with one attached hydrogen (secondary N) is 1. The van der Waals surface area contributed by atoms with Gasteiger partial charge in [0.2, 0.25) is 5.91 Å². The molecule has 0 saturated heterocycles. The fraction of sp³-hybridized carbons (Fsp3) is 0.385. The van der Waals surface area contributed by atoms with Crippen LogP contribution in [0.15, 0.2) is 59.8 Å². The molecule has 1 atom stereocenters. The first-order valence-electron chi connectivity index (χ1n) is 10.8. The summed E-state index contributed by atoms with van der Waals surface area (Å²) in [7, 11) is 0. The van der Waals surface area contributed by atoms with Gasteiger partial charge < -0.3 is 10.1 Å². The van der Waals surface area contributed by atoms with Crippen LogP contribution >= 0.6 is 0 Å². The van der Waals surface area contributed by atoms with Gasteiger partial charge in [-0.2, -0.15) is 0 Å². The number of ketones is 1. The minimum absolute atomic E-state index is 0.0741. The van der Waals surface area contributed by atoms with Crippen LogP contribution in [0, 0.1) is 5.41 Å². The topological polar surface area (TPSA) is 58.6 Å². The van der Waals surface area contributed by atoms with Gasteiger partial charge in [0.25, 0.3) is 0 Å². The lowest BCUT2D eigenvalue weighted by atomic mass is 9.73. The normalized spacial score (nSPS) is 20.0. The van der Waals surface area contributed by atoms with Gasteiger partial charge in [-0.3, -0.25) is 14.5 Å². The Morgan fingerprint density at radius 1 is 1.10 bits per heavy atom. The van der Waals surface area contributed by atoms with E-state index in [0.717, 1.165) is 34.8 Å². The number of Topliss-reactive ketones (excluding diaryl/α,β-unsaturated/α-hetero) is 1. The Bertz CT molecular complexity index is 1050. The van der Waals surface area contributed by atoms with Crippen molar-refractivity contribution in [2.75, 3.05) is 10.2 Å². The van der Waals surface area contributed by atoms with Gasteiger partial charge in [0.05, 0.1) is 23.5 Å². The predicted molar refractivity (Wildman–Crippen MR) is 123 cm³/mol. The van der Waals surface area contributed by atoms with Gasteiger partial charge in [0.15, 0.2) is 5.78 Å². The Hall–Kier alpha value is -3.08. The van der Waals surface area contributed by atoms with E-state index in [4.69, 9.17) is 4.74 Å². The predicted octanol–water partition coefficient (Wildman–Crippen LogP) is 5.64. The third kappa shape index (κ3) is 4.09. The number of carbonyl (C=O) groups is 2. The number of amides is 1. The van der Waals surface area contributed by atoms with Gasteiger partial charge >= 0.3 is 0 Å². The Kier molecular flexibility index (Phi) is 5.38. The Labute approximate surface area is 184 Å². The first kappa shape index (κ1) is 21.2. The zero-order valence-electron chi connectivity index (χ0n) is 18.9. The summed E-state index contributed by atoms with van der Waals surface area (Å²) in [5.41, 5.74) is 3.97. The molecule has 0 saturated carbocycles. The molecular weight excluding hydrogens is 388 g/mol. The molecule has 1 aliphatic heterocycles. The molecule has 2 aromatic carbocycles. The fourth-order valence-electron chi connectivity index (χ4n) is 4.65. The minimum atomic E-state index is -0.486. The summed E-state index contributed by atoms with van der Waals surface area (Å²) in [6, 6.07) is 15.0. The molecule has 1 amide bonds. The number of hydrogen-bond donors (Lipinski definition) is 1. The maximum Gasteiger partial charge on any atom is 0.224 e. The van der Waals surface area contributed by atoms with Crippen LogP contribution in [0.3, 0.4) is 0 Å². The van der Waals surface area contributed by atoms with Crippen molar-refractivity contribution < 1.29 is 14.3 Å². The molecule has 5 nitrogen and oxygen atoms in total. The average molecular weight is 419 g/mol. The molecule has 0 aromatic heterocycles. The number of para-hydroxylation sites is 2. The van der Waals surface area contributed by atoms with E-state index in [1.165, 1.54) is 0 Å². The van der Waals surface area contributed by atoms with Crippen LogP contribution in [0.4, 0.5) is 11.4 Å². The highest BCUT2D eigenvalue weighted by molar-refractivity contribution is 6.05. The molecule has 0 bridgehead atoms. The Morgan fingerprint density at radius 3 is 2.42 bits per heavy atom. The molecule has 5 heteroatoms. The van der Waals surface area contributed by atoms with Gasteiger partial charge in [-0.05, 0) is 55.5 Å². The van der Waals surface area contributed by atoms with Crippen molar-refractivity contribution in [3.63, 3.8) is 0 Å². The van der Waals surface area contributed by atoms with Crippen molar-refractivity contribution in [2.24, 2.45) is 5.41 Å². The van der Waals surface area contributed by atoms with Crippen molar-refractivity contribution in [1.29, 1.82) is 0 Å². The van der Waals surface area contributed by atoms with E-state index in [9.17, 15) is 9.59 Å². The van der Waals surface area contributed by atoms with Crippen molar-refractivity contribution in [2.45, 2.75) is 59.6 Å². The molecule has 2 aromatic rings. The third-order valence-corrected chi connectivity index (χ3v) is 5.81. The van der Waals surface area contributed by atoms with Crippen molar-refractivity contribution in [3.8, 4) is 5.75 Å². The van der Waals surface area contributed by atoms with Crippen molar-refractivity contribution in [1.82, 2.24) is 0 Å². The molecule has 31 heavy (non-hydrogen) atoms. The summed E-state index contributed by atoms with van der Waals surface area (Å²) >= 11 is 0. The van der Waals surface area contributed by atoms with E-state index in [2.05, 4.69) is 19.2 Å². The highest BCUT2D eigenvalue weighted by Crippen LogP contribution is 2.48. The first-order chi connectivity index (χ1) is 14.7. The molecule has 1 heterocycles. The summed E-state index contributed by atoms with van der Waals surface area (Å²) in [5.74, 6) is 0.754. The molecule has 1 aliphatic carbocycles. The Morgan fingerprint density at radius 2 is 1.77 bits per heavy atom. The van der Waals surface area contributed by atoms with Crippen LogP contribution in [0.25, 0.3) is 0 Å². The van der Waals surface area contributed by atoms with Crippen LogP contribution in [-0.2, 0) is 9.59 Å². The summed E-state index contributed by atoms with van der Waals surface area (Å²) < 4.78 is 5.79. The summed E-state index contributed by atoms with van der Waals surface area (Å²) in [5, 5.41) is 3.51. The van der Waals surface area contributed by atoms with Crippen LogP contribution in [0.5, 0.6) is 5.75 Å². The standard InChI is InChI=1S/C26H30N2O3/c1-16(2)31-19-12-10-18(11-13-19)25-24-21(14-26(4,5)15-23(24)30)27-20-8-6-7-9-22(20)28(25)17(3)29/h6-13,16,25,27H,14-15H2,1-5H3. The number of benzene rings is 2. The smallest absolute Gasteiger partial charge is 0.224 e. The lowest BCUT2D eigenvalue weighted by Crippen LogP contribution is -2.38. The lowest BCUT2D eigenvalue weighted by Gasteiger charge is -2.36. The first-order valence-corrected chi connectivity index (χ1v) is 10.8. The SMILES string of the molecule is CC(=O)N1c2ccccc2NC2=C(C(=O)CC(C)(C)C2)C1c1ccc(OC(C)C)cc1. The number of ether oxygens (including phenoxy) is 1. The van der Waals surface area contributed by atoms with E-state index in [0.29, 0.717) is 12.0 Å². The second kappa shape index (κ2) is 7.88. The molecule has 1 N–H and O–H groups in total. The van der Waals surface area contributed by atoms with E-state index in [-0.39, 0.29) is 23.2 Å². The molecule has 0 spiro atoms. The quantitative estimate of drug-likeness (QED) is 0.701. The van der Waals surface area contributed by atoms with Crippen molar-refractivity contribution in [3.05, 3.63) is 65.4 Å². The molecule has 0 radical (unpaired) electrons. The van der Waals surface area contributed by atoms with Crippen LogP contribution < -0.4 is 15.0 Å². The zero-order valence-corrected chi connectivity index (χ0v) is 18.9. The number of fused-ring (bicyclic) bond motifs is 1. The van der Waals surface area contributed by atoms with Gasteiger partial charge in [-0.25, -0.2) is 0 Å².